The SMILES string of the molecule is C=CCOC(=O)N1C[C@@H](C(=O)O)[C@H](C2CC2)C1. The normalized spacial score (nSPS) is 27.9. The molecule has 0 aromatic rings. The topological polar surface area (TPSA) is 66.8 Å². The van der Waals surface area contributed by atoms with Crippen molar-refractivity contribution in [3.63, 3.8) is 0 Å². The molecule has 1 aliphatic carbocycles. The van der Waals surface area contributed by atoms with Crippen LogP contribution in [-0.4, -0.2) is 41.8 Å². The Balaban J connectivity index is 1.95. The Morgan fingerprint density at radius 3 is 2.65 bits per heavy atom. The van der Waals surface area contributed by atoms with E-state index in [2.05, 4.69) is 6.58 Å². The number of carbonyl (C=O) groups excluding carboxylic acids is 1. The molecule has 2 rings (SSSR count). The van der Waals surface area contributed by atoms with Crippen molar-refractivity contribution < 1.29 is 19.4 Å². The average molecular weight is 239 g/mol. The van der Waals surface area contributed by atoms with Crippen molar-refractivity contribution in [3.05, 3.63) is 12.7 Å². The van der Waals surface area contributed by atoms with E-state index in [4.69, 9.17) is 9.84 Å². The van der Waals surface area contributed by atoms with Crippen molar-refractivity contribution in [2.75, 3.05) is 19.7 Å². The van der Waals surface area contributed by atoms with Crippen LogP contribution in [0.1, 0.15) is 12.8 Å². The van der Waals surface area contributed by atoms with Crippen LogP contribution in [0.25, 0.3) is 0 Å². The van der Waals surface area contributed by atoms with Crippen LogP contribution in [0.2, 0.25) is 0 Å². The third-order valence-corrected chi connectivity index (χ3v) is 3.49. The highest BCUT2D eigenvalue weighted by Gasteiger charge is 2.47. The smallest absolute Gasteiger partial charge is 0.410 e. The van der Waals surface area contributed by atoms with E-state index in [1.54, 1.807) is 0 Å². The molecule has 0 aromatic heterocycles. The van der Waals surface area contributed by atoms with Crippen molar-refractivity contribution in [2.24, 2.45) is 17.8 Å². The lowest BCUT2D eigenvalue weighted by atomic mass is 9.92. The van der Waals surface area contributed by atoms with Gasteiger partial charge in [-0.25, -0.2) is 4.79 Å². The quantitative estimate of drug-likeness (QED) is 0.752. The van der Waals surface area contributed by atoms with Gasteiger partial charge in [0.25, 0.3) is 0 Å². The van der Waals surface area contributed by atoms with Gasteiger partial charge in [-0.2, -0.15) is 0 Å². The standard InChI is InChI=1S/C12H17NO4/c1-2-5-17-12(16)13-6-9(8-3-4-8)10(7-13)11(14)15/h2,8-10H,1,3-7H2,(H,14,15)/t9-,10+/m0/s1. The average Bonchev–Trinajstić information content (AvgIpc) is 3.04. The summed E-state index contributed by atoms with van der Waals surface area (Å²) in [5.74, 6) is -0.656. The summed E-state index contributed by atoms with van der Waals surface area (Å²) in [4.78, 5) is 24.3. The van der Waals surface area contributed by atoms with Gasteiger partial charge in [-0.1, -0.05) is 12.7 Å². The third kappa shape index (κ3) is 2.60. The summed E-state index contributed by atoms with van der Waals surface area (Å²) in [6.45, 7) is 4.42. The number of aliphatic carboxylic acids is 1. The first-order chi connectivity index (χ1) is 8.13. The maximum atomic E-state index is 11.6. The number of amides is 1. The lowest BCUT2D eigenvalue weighted by Crippen LogP contribution is -2.30. The molecule has 1 heterocycles. The van der Waals surface area contributed by atoms with Crippen LogP contribution >= 0.6 is 0 Å². The molecular formula is C12H17NO4. The molecule has 2 atom stereocenters. The van der Waals surface area contributed by atoms with Gasteiger partial charge in [0.2, 0.25) is 0 Å². The number of ether oxygens (including phenoxy) is 1. The highest BCUT2D eigenvalue weighted by Crippen LogP contribution is 2.44. The number of likely N-dealkylation sites (tertiary alicyclic amines) is 1. The molecule has 17 heavy (non-hydrogen) atoms. The summed E-state index contributed by atoms with van der Waals surface area (Å²) in [5.41, 5.74) is 0. The van der Waals surface area contributed by atoms with Gasteiger partial charge in [-0.15, -0.1) is 0 Å². The number of hydrogen-bond acceptors (Lipinski definition) is 3. The van der Waals surface area contributed by atoms with E-state index >= 15 is 0 Å². The van der Waals surface area contributed by atoms with Gasteiger partial charge in [0.15, 0.2) is 0 Å². The van der Waals surface area contributed by atoms with E-state index in [9.17, 15) is 9.59 Å². The van der Waals surface area contributed by atoms with Gasteiger partial charge < -0.3 is 14.7 Å². The Hall–Kier alpha value is -1.52. The van der Waals surface area contributed by atoms with Crippen molar-refractivity contribution in [1.29, 1.82) is 0 Å². The molecule has 1 aliphatic heterocycles. The molecule has 5 nitrogen and oxygen atoms in total. The van der Waals surface area contributed by atoms with E-state index < -0.39 is 18.0 Å². The lowest BCUT2D eigenvalue weighted by Gasteiger charge is -2.15. The predicted octanol–water partition coefficient (Wildman–Crippen LogP) is 1.35. The minimum Gasteiger partial charge on any atom is -0.481 e. The van der Waals surface area contributed by atoms with Gasteiger partial charge in [-0.05, 0) is 24.7 Å². The summed E-state index contributed by atoms with van der Waals surface area (Å²) in [6, 6.07) is 0. The van der Waals surface area contributed by atoms with Gasteiger partial charge in [0.1, 0.15) is 6.61 Å². The molecule has 0 unspecified atom stereocenters. The van der Waals surface area contributed by atoms with Crippen LogP contribution in [0.15, 0.2) is 12.7 Å². The molecule has 0 radical (unpaired) electrons. The molecule has 0 spiro atoms. The second-order valence-electron chi connectivity index (χ2n) is 4.72. The van der Waals surface area contributed by atoms with Crippen LogP contribution in [0.3, 0.4) is 0 Å². The number of carbonyl (C=O) groups is 2. The summed E-state index contributed by atoms with van der Waals surface area (Å²) < 4.78 is 4.93. The van der Waals surface area contributed by atoms with Crippen molar-refractivity contribution in [2.45, 2.75) is 12.8 Å². The minimum absolute atomic E-state index is 0.101. The van der Waals surface area contributed by atoms with Crippen LogP contribution in [0.5, 0.6) is 0 Å². The van der Waals surface area contributed by atoms with Crippen LogP contribution < -0.4 is 0 Å². The van der Waals surface area contributed by atoms with Crippen LogP contribution in [0.4, 0.5) is 4.79 Å². The maximum Gasteiger partial charge on any atom is 0.410 e. The van der Waals surface area contributed by atoms with Gasteiger partial charge >= 0.3 is 12.1 Å². The molecule has 1 saturated heterocycles. The molecule has 1 amide bonds. The number of carboxylic acids is 1. The predicted molar refractivity (Wildman–Crippen MR) is 60.5 cm³/mol. The van der Waals surface area contributed by atoms with Gasteiger partial charge in [-0.3, -0.25) is 4.79 Å². The summed E-state index contributed by atoms with van der Waals surface area (Å²) in [7, 11) is 0. The van der Waals surface area contributed by atoms with E-state index in [1.165, 1.54) is 11.0 Å². The van der Waals surface area contributed by atoms with Crippen molar-refractivity contribution in [1.82, 2.24) is 4.90 Å². The first kappa shape index (κ1) is 12.0. The zero-order valence-corrected chi connectivity index (χ0v) is 9.67. The maximum absolute atomic E-state index is 11.6. The van der Waals surface area contributed by atoms with Crippen LogP contribution in [-0.2, 0) is 9.53 Å². The number of carboxylic acid groups (broad SMARTS) is 1. The Bertz CT molecular complexity index is 337. The molecule has 94 valence electrons. The molecule has 5 heteroatoms. The van der Waals surface area contributed by atoms with Gasteiger partial charge in [0, 0.05) is 13.1 Å². The Morgan fingerprint density at radius 2 is 2.12 bits per heavy atom. The molecule has 2 fully saturated rings. The fourth-order valence-corrected chi connectivity index (χ4v) is 2.46. The van der Waals surface area contributed by atoms with Gasteiger partial charge in [0.05, 0.1) is 5.92 Å². The molecule has 0 aromatic carbocycles. The Labute approximate surface area is 100 Å². The molecular weight excluding hydrogens is 222 g/mol. The second kappa shape index (κ2) is 4.77. The fraction of sp³-hybridized carbons (Fsp3) is 0.667. The van der Waals surface area contributed by atoms with E-state index in [1.807, 2.05) is 0 Å². The van der Waals surface area contributed by atoms with E-state index in [-0.39, 0.29) is 19.1 Å². The molecule has 2 aliphatic rings. The highest BCUT2D eigenvalue weighted by atomic mass is 16.6. The van der Waals surface area contributed by atoms with Crippen LogP contribution in [0, 0.1) is 17.8 Å². The second-order valence-corrected chi connectivity index (χ2v) is 4.72. The summed E-state index contributed by atoms with van der Waals surface area (Å²) in [5, 5.41) is 9.14. The zero-order valence-electron chi connectivity index (χ0n) is 9.67. The van der Waals surface area contributed by atoms with E-state index in [0.717, 1.165) is 12.8 Å². The van der Waals surface area contributed by atoms with Crippen molar-refractivity contribution >= 4 is 12.1 Å². The number of hydrogen-bond donors (Lipinski definition) is 1. The largest absolute Gasteiger partial charge is 0.481 e. The molecule has 1 saturated carbocycles. The molecule has 0 bridgehead atoms. The number of nitrogens with zero attached hydrogens (tertiary/aromatic N) is 1. The Morgan fingerprint density at radius 1 is 1.41 bits per heavy atom. The van der Waals surface area contributed by atoms with Crippen molar-refractivity contribution in [3.8, 4) is 0 Å². The number of rotatable bonds is 4. The zero-order chi connectivity index (χ0) is 12.4. The fourth-order valence-electron chi connectivity index (χ4n) is 2.46. The molecule has 1 N–H and O–H groups in total. The third-order valence-electron chi connectivity index (χ3n) is 3.49. The summed E-state index contributed by atoms with van der Waals surface area (Å²) >= 11 is 0. The Kier molecular flexibility index (Phi) is 3.36. The highest BCUT2D eigenvalue weighted by molar-refractivity contribution is 5.74. The minimum atomic E-state index is -0.805. The van der Waals surface area contributed by atoms with E-state index in [0.29, 0.717) is 12.5 Å². The lowest BCUT2D eigenvalue weighted by molar-refractivity contribution is -0.142. The summed E-state index contributed by atoms with van der Waals surface area (Å²) in [6.07, 6.45) is 3.24. The first-order valence-corrected chi connectivity index (χ1v) is 5.89. The first-order valence-electron chi connectivity index (χ1n) is 5.89. The monoisotopic (exact) mass is 239 g/mol.